The third-order valence-electron chi connectivity index (χ3n) is 5.37. The Morgan fingerprint density at radius 3 is 2.22 bits per heavy atom. The fourth-order valence-electron chi connectivity index (χ4n) is 3.99. The van der Waals surface area contributed by atoms with Gasteiger partial charge < -0.3 is 4.90 Å². The van der Waals surface area contributed by atoms with E-state index in [1.54, 1.807) is 10.4 Å². The maximum absolute atomic E-state index is 12.5. The van der Waals surface area contributed by atoms with Crippen molar-refractivity contribution in [1.29, 1.82) is 0 Å². The molecular weight excluding hydrogens is 310 g/mol. The van der Waals surface area contributed by atoms with Crippen LogP contribution in [0.15, 0.2) is 35.4 Å². The first-order valence-corrected chi connectivity index (χ1v) is 9.95. The molecule has 2 aliphatic heterocycles. The van der Waals surface area contributed by atoms with Crippen molar-refractivity contribution in [2.24, 2.45) is 11.8 Å². The van der Waals surface area contributed by atoms with E-state index in [0.717, 1.165) is 56.4 Å². The zero-order valence-electron chi connectivity index (χ0n) is 13.3. The highest BCUT2D eigenvalue weighted by Crippen LogP contribution is 2.35. The Bertz CT molecular complexity index is 677. The van der Waals surface area contributed by atoms with Gasteiger partial charge in [0.1, 0.15) is 10.7 Å². The number of nitrogens with zero attached hydrogens (tertiary/aromatic N) is 3. The highest BCUT2D eigenvalue weighted by atomic mass is 32.2. The van der Waals surface area contributed by atoms with Gasteiger partial charge in [-0.15, -0.1) is 0 Å². The summed E-state index contributed by atoms with van der Waals surface area (Å²) >= 11 is 0. The first-order valence-electron chi connectivity index (χ1n) is 8.51. The normalized spacial score (nSPS) is 28.3. The van der Waals surface area contributed by atoms with Crippen LogP contribution in [0.4, 0.5) is 5.82 Å². The van der Waals surface area contributed by atoms with Gasteiger partial charge in [0.15, 0.2) is 0 Å². The molecule has 0 aromatic carbocycles. The average Bonchev–Trinajstić information content (AvgIpc) is 3.24. The van der Waals surface area contributed by atoms with E-state index in [1.807, 2.05) is 6.07 Å². The van der Waals surface area contributed by atoms with Crippen molar-refractivity contribution in [3.05, 3.63) is 30.5 Å². The van der Waals surface area contributed by atoms with Crippen LogP contribution in [0.3, 0.4) is 0 Å². The van der Waals surface area contributed by atoms with Gasteiger partial charge in [0.25, 0.3) is 0 Å². The summed E-state index contributed by atoms with van der Waals surface area (Å²) in [6.45, 7) is 3.32. The molecule has 0 spiro atoms. The number of rotatable bonds is 3. The van der Waals surface area contributed by atoms with Gasteiger partial charge in [0.05, 0.1) is 0 Å². The minimum Gasteiger partial charge on any atom is -0.356 e. The van der Waals surface area contributed by atoms with E-state index in [2.05, 4.69) is 22.0 Å². The Morgan fingerprint density at radius 1 is 1.00 bits per heavy atom. The Hall–Kier alpha value is -1.40. The lowest BCUT2D eigenvalue weighted by Crippen LogP contribution is -2.28. The van der Waals surface area contributed by atoms with E-state index in [0.29, 0.717) is 18.0 Å². The molecule has 2 saturated heterocycles. The molecule has 0 saturated carbocycles. The zero-order valence-corrected chi connectivity index (χ0v) is 14.1. The van der Waals surface area contributed by atoms with Gasteiger partial charge >= 0.3 is 0 Å². The van der Waals surface area contributed by atoms with Crippen LogP contribution < -0.4 is 4.90 Å². The van der Waals surface area contributed by atoms with Crippen LogP contribution in [0.1, 0.15) is 25.7 Å². The fraction of sp³-hybridized carbons (Fsp3) is 0.588. The van der Waals surface area contributed by atoms with Crippen molar-refractivity contribution in [1.82, 2.24) is 9.29 Å². The second-order valence-electron chi connectivity index (χ2n) is 6.83. The van der Waals surface area contributed by atoms with Crippen molar-refractivity contribution in [3.8, 4) is 0 Å². The number of sulfonamides is 1. The third-order valence-corrected chi connectivity index (χ3v) is 7.25. The van der Waals surface area contributed by atoms with E-state index in [-0.39, 0.29) is 0 Å². The van der Waals surface area contributed by atoms with Gasteiger partial charge in [-0.05, 0) is 49.7 Å². The molecule has 1 aliphatic carbocycles. The minimum absolute atomic E-state index is 0.321. The van der Waals surface area contributed by atoms with Gasteiger partial charge in [-0.3, -0.25) is 0 Å². The van der Waals surface area contributed by atoms with Crippen molar-refractivity contribution in [3.63, 3.8) is 0 Å². The summed E-state index contributed by atoms with van der Waals surface area (Å²) in [5.41, 5.74) is 0. The molecule has 5 nitrogen and oxygen atoms in total. The van der Waals surface area contributed by atoms with Crippen molar-refractivity contribution < 1.29 is 8.42 Å². The summed E-state index contributed by atoms with van der Waals surface area (Å²) < 4.78 is 26.6. The predicted octanol–water partition coefficient (Wildman–Crippen LogP) is 2.27. The molecule has 4 rings (SSSR count). The number of hydrogen-bond donors (Lipinski definition) is 0. The lowest BCUT2D eigenvalue weighted by atomic mass is 9.86. The molecule has 0 radical (unpaired) electrons. The first kappa shape index (κ1) is 15.1. The largest absolute Gasteiger partial charge is 0.356 e. The number of hydrogen-bond acceptors (Lipinski definition) is 4. The standard InChI is InChI=1S/C17H23N3O2S/c21-23(22,20-9-3-4-10-20)16-7-8-17(18-11-16)19-12-14-5-1-2-6-15(14)13-19/h1-2,7-8,11,14-15H,3-6,9-10,12-13H2. The summed E-state index contributed by atoms with van der Waals surface area (Å²) in [5, 5.41) is 0. The molecule has 23 heavy (non-hydrogen) atoms. The van der Waals surface area contributed by atoms with Crippen molar-refractivity contribution in [2.75, 3.05) is 31.1 Å². The summed E-state index contributed by atoms with van der Waals surface area (Å²) in [6.07, 6.45) is 10.3. The lowest BCUT2D eigenvalue weighted by Gasteiger charge is -2.19. The lowest BCUT2D eigenvalue weighted by molar-refractivity contribution is 0.411. The number of pyridine rings is 1. The van der Waals surface area contributed by atoms with E-state index in [9.17, 15) is 8.42 Å². The SMILES string of the molecule is O=S(=O)(c1ccc(N2CC3CC=CCC3C2)nc1)N1CCCC1. The van der Waals surface area contributed by atoms with Crippen LogP contribution in [0, 0.1) is 11.8 Å². The Labute approximate surface area is 138 Å². The Balaban J connectivity index is 1.50. The average molecular weight is 333 g/mol. The van der Waals surface area contributed by atoms with Crippen LogP contribution in [0.2, 0.25) is 0 Å². The van der Waals surface area contributed by atoms with Gasteiger partial charge in [0, 0.05) is 32.4 Å². The third kappa shape index (κ3) is 2.78. The number of fused-ring (bicyclic) bond motifs is 1. The maximum Gasteiger partial charge on any atom is 0.244 e. The van der Waals surface area contributed by atoms with Crippen LogP contribution in [-0.2, 0) is 10.0 Å². The van der Waals surface area contributed by atoms with Crippen LogP contribution in [0.25, 0.3) is 0 Å². The second-order valence-corrected chi connectivity index (χ2v) is 8.77. The molecule has 0 amide bonds. The van der Waals surface area contributed by atoms with Gasteiger partial charge in [0.2, 0.25) is 10.0 Å². The summed E-state index contributed by atoms with van der Waals surface area (Å²) in [4.78, 5) is 7.08. The zero-order chi connectivity index (χ0) is 15.9. The molecule has 3 aliphatic rings. The molecule has 6 heteroatoms. The monoisotopic (exact) mass is 333 g/mol. The molecule has 0 bridgehead atoms. The fourth-order valence-corrected chi connectivity index (χ4v) is 5.45. The van der Waals surface area contributed by atoms with Crippen molar-refractivity contribution >= 4 is 15.8 Å². The number of aromatic nitrogens is 1. The highest BCUT2D eigenvalue weighted by Gasteiger charge is 2.33. The molecule has 2 unspecified atom stereocenters. The van der Waals surface area contributed by atoms with Crippen LogP contribution in [-0.4, -0.2) is 43.9 Å². The van der Waals surface area contributed by atoms with Gasteiger partial charge in [-0.25, -0.2) is 13.4 Å². The molecule has 1 aromatic heterocycles. The van der Waals surface area contributed by atoms with Gasteiger partial charge in [-0.2, -0.15) is 4.31 Å². The summed E-state index contributed by atoms with van der Waals surface area (Å²) in [7, 11) is -3.36. The predicted molar refractivity (Wildman–Crippen MR) is 89.8 cm³/mol. The summed E-state index contributed by atoms with van der Waals surface area (Å²) in [6, 6.07) is 3.59. The first-order chi connectivity index (χ1) is 11.1. The smallest absolute Gasteiger partial charge is 0.244 e. The molecular formula is C17H23N3O2S. The number of anilines is 1. The van der Waals surface area contributed by atoms with E-state index < -0.39 is 10.0 Å². The summed E-state index contributed by atoms with van der Waals surface area (Å²) in [5.74, 6) is 2.34. The molecule has 1 aromatic rings. The van der Waals surface area contributed by atoms with E-state index in [4.69, 9.17) is 0 Å². The highest BCUT2D eigenvalue weighted by molar-refractivity contribution is 7.89. The molecule has 2 atom stereocenters. The quantitative estimate of drug-likeness (QED) is 0.796. The molecule has 2 fully saturated rings. The van der Waals surface area contributed by atoms with Gasteiger partial charge in [-0.1, -0.05) is 12.2 Å². The molecule has 0 N–H and O–H groups in total. The van der Waals surface area contributed by atoms with E-state index >= 15 is 0 Å². The second kappa shape index (κ2) is 5.91. The molecule has 124 valence electrons. The van der Waals surface area contributed by atoms with Crippen LogP contribution in [0.5, 0.6) is 0 Å². The Kier molecular flexibility index (Phi) is 3.89. The minimum atomic E-state index is -3.36. The van der Waals surface area contributed by atoms with Crippen LogP contribution >= 0.6 is 0 Å². The Morgan fingerprint density at radius 2 is 1.65 bits per heavy atom. The van der Waals surface area contributed by atoms with Crippen molar-refractivity contribution in [2.45, 2.75) is 30.6 Å². The molecule has 3 heterocycles. The topological polar surface area (TPSA) is 53.5 Å². The van der Waals surface area contributed by atoms with E-state index in [1.165, 1.54) is 6.20 Å². The maximum atomic E-state index is 12.5. The number of allylic oxidation sites excluding steroid dienone is 2.